The summed E-state index contributed by atoms with van der Waals surface area (Å²) in [5.74, 6) is 0.854. The average molecular weight is 238 g/mol. The van der Waals surface area contributed by atoms with Crippen LogP contribution in [0.25, 0.3) is 0 Å². The second-order valence-electron chi connectivity index (χ2n) is 4.13. The molecule has 0 bridgehead atoms. The van der Waals surface area contributed by atoms with E-state index in [9.17, 15) is 5.11 Å². The fraction of sp³-hybridized carbons (Fsp3) is 0.571. The summed E-state index contributed by atoms with van der Waals surface area (Å²) >= 11 is 0. The van der Waals surface area contributed by atoms with E-state index < -0.39 is 0 Å². The van der Waals surface area contributed by atoms with Gasteiger partial charge in [-0.2, -0.15) is 0 Å². The quantitative estimate of drug-likeness (QED) is 0.708. The minimum atomic E-state index is -0.226. The standard InChI is InChI=1S/C14H22O3/c1-3-4-13(15)9-10-17-11-12-5-7-14(16-2)8-6-12/h5-8,13,15H,3-4,9-11H2,1-2H3/t13-/m0/s1. The lowest BCUT2D eigenvalue weighted by atomic mass is 10.1. The second-order valence-corrected chi connectivity index (χ2v) is 4.13. The maximum atomic E-state index is 9.52. The van der Waals surface area contributed by atoms with Crippen LogP contribution in [0.1, 0.15) is 31.7 Å². The van der Waals surface area contributed by atoms with Crippen LogP contribution in [0.15, 0.2) is 24.3 Å². The van der Waals surface area contributed by atoms with Crippen molar-refractivity contribution in [3.8, 4) is 5.75 Å². The largest absolute Gasteiger partial charge is 0.497 e. The van der Waals surface area contributed by atoms with E-state index in [-0.39, 0.29) is 6.10 Å². The number of aliphatic hydroxyl groups excluding tert-OH is 1. The van der Waals surface area contributed by atoms with Gasteiger partial charge in [0.05, 0.1) is 19.8 Å². The molecule has 0 heterocycles. The fourth-order valence-electron chi connectivity index (χ4n) is 1.61. The molecule has 0 saturated heterocycles. The molecule has 0 fully saturated rings. The molecule has 0 unspecified atom stereocenters. The molecule has 3 nitrogen and oxygen atoms in total. The van der Waals surface area contributed by atoms with Crippen LogP contribution in [0.4, 0.5) is 0 Å². The summed E-state index contributed by atoms with van der Waals surface area (Å²) in [6, 6.07) is 7.82. The first-order valence-electron chi connectivity index (χ1n) is 6.15. The number of ether oxygens (including phenoxy) is 2. The molecule has 1 N–H and O–H groups in total. The molecular weight excluding hydrogens is 216 g/mol. The zero-order chi connectivity index (χ0) is 12.5. The van der Waals surface area contributed by atoms with Gasteiger partial charge in [-0.3, -0.25) is 0 Å². The summed E-state index contributed by atoms with van der Waals surface area (Å²) in [6.07, 6.45) is 2.35. The van der Waals surface area contributed by atoms with Crippen LogP contribution in [0.5, 0.6) is 5.75 Å². The molecule has 0 aliphatic rings. The van der Waals surface area contributed by atoms with Gasteiger partial charge in [-0.15, -0.1) is 0 Å². The van der Waals surface area contributed by atoms with Crippen molar-refractivity contribution in [2.24, 2.45) is 0 Å². The van der Waals surface area contributed by atoms with Crippen LogP contribution in [-0.4, -0.2) is 24.9 Å². The topological polar surface area (TPSA) is 38.7 Å². The average Bonchev–Trinajstić information content (AvgIpc) is 2.36. The van der Waals surface area contributed by atoms with Crippen molar-refractivity contribution < 1.29 is 14.6 Å². The first kappa shape index (κ1) is 14.0. The van der Waals surface area contributed by atoms with Crippen LogP contribution in [0.2, 0.25) is 0 Å². The highest BCUT2D eigenvalue weighted by molar-refractivity contribution is 5.26. The van der Waals surface area contributed by atoms with E-state index in [4.69, 9.17) is 9.47 Å². The van der Waals surface area contributed by atoms with Gasteiger partial charge in [-0.05, 0) is 30.5 Å². The molecule has 3 heteroatoms. The van der Waals surface area contributed by atoms with Gasteiger partial charge in [0.15, 0.2) is 0 Å². The Balaban J connectivity index is 2.17. The Morgan fingerprint density at radius 3 is 2.47 bits per heavy atom. The normalized spacial score (nSPS) is 12.4. The third kappa shape index (κ3) is 5.71. The molecule has 17 heavy (non-hydrogen) atoms. The van der Waals surface area contributed by atoms with E-state index in [0.717, 1.165) is 24.2 Å². The predicted molar refractivity (Wildman–Crippen MR) is 68.2 cm³/mol. The Labute approximate surface area is 103 Å². The van der Waals surface area contributed by atoms with Crippen molar-refractivity contribution in [3.63, 3.8) is 0 Å². The van der Waals surface area contributed by atoms with Crippen LogP contribution < -0.4 is 4.74 Å². The third-order valence-corrected chi connectivity index (χ3v) is 2.65. The molecule has 1 aromatic carbocycles. The van der Waals surface area contributed by atoms with Crippen LogP contribution in [0, 0.1) is 0 Å². The van der Waals surface area contributed by atoms with Crippen molar-refractivity contribution in [2.75, 3.05) is 13.7 Å². The van der Waals surface area contributed by atoms with Crippen molar-refractivity contribution in [2.45, 2.75) is 38.9 Å². The number of aliphatic hydroxyl groups is 1. The van der Waals surface area contributed by atoms with Crippen LogP contribution >= 0.6 is 0 Å². The Morgan fingerprint density at radius 1 is 1.18 bits per heavy atom. The highest BCUT2D eigenvalue weighted by Gasteiger charge is 2.02. The molecule has 0 aromatic heterocycles. The lowest BCUT2D eigenvalue weighted by Crippen LogP contribution is -2.09. The van der Waals surface area contributed by atoms with E-state index in [1.807, 2.05) is 24.3 Å². The summed E-state index contributed by atoms with van der Waals surface area (Å²) in [5, 5.41) is 9.52. The Bertz CT molecular complexity index is 295. The van der Waals surface area contributed by atoms with Crippen LogP contribution in [-0.2, 0) is 11.3 Å². The molecule has 0 radical (unpaired) electrons. The van der Waals surface area contributed by atoms with Crippen molar-refractivity contribution in [1.29, 1.82) is 0 Å². The van der Waals surface area contributed by atoms with E-state index >= 15 is 0 Å². The van der Waals surface area contributed by atoms with Gasteiger partial charge in [0.2, 0.25) is 0 Å². The number of benzene rings is 1. The lowest BCUT2D eigenvalue weighted by molar-refractivity contribution is 0.0698. The third-order valence-electron chi connectivity index (χ3n) is 2.65. The second kappa shape index (κ2) is 8.09. The summed E-state index contributed by atoms with van der Waals surface area (Å²) in [6.45, 7) is 3.26. The van der Waals surface area contributed by atoms with Gasteiger partial charge in [-0.25, -0.2) is 0 Å². The van der Waals surface area contributed by atoms with Gasteiger partial charge >= 0.3 is 0 Å². The Hall–Kier alpha value is -1.06. The van der Waals surface area contributed by atoms with Gasteiger partial charge < -0.3 is 14.6 Å². The summed E-state index contributed by atoms with van der Waals surface area (Å²) in [5.41, 5.74) is 1.12. The molecule has 1 rings (SSSR count). The molecule has 0 amide bonds. The maximum absolute atomic E-state index is 9.52. The highest BCUT2D eigenvalue weighted by atomic mass is 16.5. The molecule has 1 aromatic rings. The SMILES string of the molecule is CCC[C@H](O)CCOCc1ccc(OC)cc1. The van der Waals surface area contributed by atoms with E-state index in [1.54, 1.807) is 7.11 Å². The first-order chi connectivity index (χ1) is 8.26. The fourth-order valence-corrected chi connectivity index (χ4v) is 1.61. The van der Waals surface area contributed by atoms with Crippen molar-refractivity contribution >= 4 is 0 Å². The Kier molecular flexibility index (Phi) is 6.67. The summed E-state index contributed by atoms with van der Waals surface area (Å²) in [4.78, 5) is 0. The maximum Gasteiger partial charge on any atom is 0.118 e. The molecule has 0 saturated carbocycles. The highest BCUT2D eigenvalue weighted by Crippen LogP contribution is 2.12. The van der Waals surface area contributed by atoms with Gasteiger partial charge in [0.1, 0.15) is 5.75 Å². The van der Waals surface area contributed by atoms with Gasteiger partial charge in [0, 0.05) is 6.61 Å². The predicted octanol–water partition coefficient (Wildman–Crippen LogP) is 2.76. The summed E-state index contributed by atoms with van der Waals surface area (Å²) in [7, 11) is 1.65. The summed E-state index contributed by atoms with van der Waals surface area (Å²) < 4.78 is 10.6. The van der Waals surface area contributed by atoms with Crippen molar-refractivity contribution in [1.82, 2.24) is 0 Å². The minimum absolute atomic E-state index is 0.226. The number of hydrogen-bond acceptors (Lipinski definition) is 3. The van der Waals surface area contributed by atoms with Gasteiger partial charge in [0.25, 0.3) is 0 Å². The molecule has 0 spiro atoms. The zero-order valence-electron chi connectivity index (χ0n) is 10.7. The first-order valence-corrected chi connectivity index (χ1v) is 6.15. The lowest BCUT2D eigenvalue weighted by Gasteiger charge is -2.09. The minimum Gasteiger partial charge on any atom is -0.497 e. The monoisotopic (exact) mass is 238 g/mol. The number of methoxy groups -OCH3 is 1. The van der Waals surface area contributed by atoms with E-state index in [0.29, 0.717) is 19.6 Å². The van der Waals surface area contributed by atoms with Crippen molar-refractivity contribution in [3.05, 3.63) is 29.8 Å². The molecular formula is C14H22O3. The molecule has 0 aliphatic carbocycles. The molecule has 1 atom stereocenters. The van der Waals surface area contributed by atoms with E-state index in [2.05, 4.69) is 6.92 Å². The number of hydrogen-bond donors (Lipinski definition) is 1. The number of rotatable bonds is 8. The smallest absolute Gasteiger partial charge is 0.118 e. The van der Waals surface area contributed by atoms with Crippen LogP contribution in [0.3, 0.4) is 0 Å². The molecule has 96 valence electrons. The van der Waals surface area contributed by atoms with E-state index in [1.165, 1.54) is 0 Å². The zero-order valence-corrected chi connectivity index (χ0v) is 10.7. The molecule has 0 aliphatic heterocycles. The van der Waals surface area contributed by atoms with Gasteiger partial charge in [-0.1, -0.05) is 25.5 Å². The Morgan fingerprint density at radius 2 is 1.88 bits per heavy atom.